The van der Waals surface area contributed by atoms with Gasteiger partial charge in [-0.3, -0.25) is 4.68 Å². The topological polar surface area (TPSA) is 64.1 Å². The van der Waals surface area contributed by atoms with Gasteiger partial charge in [-0.1, -0.05) is 6.92 Å². The van der Waals surface area contributed by atoms with E-state index in [4.69, 9.17) is 5.73 Å². The number of nitrogens with two attached hydrogens (primary N) is 1. The van der Waals surface area contributed by atoms with Gasteiger partial charge in [-0.2, -0.15) is 5.10 Å². The molecule has 15 heavy (non-hydrogen) atoms. The largest absolute Gasteiger partial charge is 0.388 e. The minimum Gasteiger partial charge on any atom is -0.388 e. The van der Waals surface area contributed by atoms with Gasteiger partial charge in [-0.25, -0.2) is 0 Å². The van der Waals surface area contributed by atoms with Crippen LogP contribution in [0.15, 0.2) is 12.4 Å². The predicted molar refractivity (Wildman–Crippen MR) is 58.1 cm³/mol. The molecule has 0 aliphatic heterocycles. The maximum absolute atomic E-state index is 10.3. The molecule has 1 heterocycles. The highest BCUT2D eigenvalue weighted by atomic mass is 16.3. The fourth-order valence-electron chi connectivity index (χ4n) is 2.76. The predicted octanol–water partition coefficient (Wildman–Crippen LogP) is 0.828. The van der Waals surface area contributed by atoms with E-state index in [-0.39, 0.29) is 5.41 Å². The van der Waals surface area contributed by atoms with Crippen LogP contribution in [0.25, 0.3) is 0 Å². The van der Waals surface area contributed by atoms with Crippen LogP contribution in [0, 0.1) is 11.3 Å². The van der Waals surface area contributed by atoms with E-state index < -0.39 is 6.10 Å². The summed E-state index contributed by atoms with van der Waals surface area (Å²) < 4.78 is 1.71. The molecule has 1 aromatic rings. The summed E-state index contributed by atoms with van der Waals surface area (Å²) in [6, 6.07) is 0. The molecular weight excluding hydrogens is 190 g/mol. The lowest BCUT2D eigenvalue weighted by Crippen LogP contribution is -2.46. The summed E-state index contributed by atoms with van der Waals surface area (Å²) in [6.07, 6.45) is 5.15. The molecule has 3 N–H and O–H groups in total. The number of aromatic nitrogens is 2. The number of rotatable bonds is 3. The first-order valence-corrected chi connectivity index (χ1v) is 5.44. The van der Waals surface area contributed by atoms with Crippen molar-refractivity contribution >= 4 is 0 Å². The molecule has 0 spiro atoms. The molecule has 1 aliphatic carbocycles. The fourth-order valence-corrected chi connectivity index (χ4v) is 2.76. The van der Waals surface area contributed by atoms with Crippen molar-refractivity contribution in [3.05, 3.63) is 18.0 Å². The number of hydrogen-bond acceptors (Lipinski definition) is 3. The number of nitrogens with zero attached hydrogens (tertiary/aromatic N) is 2. The average molecular weight is 209 g/mol. The Morgan fingerprint density at radius 3 is 2.80 bits per heavy atom. The highest BCUT2D eigenvalue weighted by molar-refractivity contribution is 5.15. The normalized spacial score (nSPS) is 32.4. The zero-order valence-corrected chi connectivity index (χ0v) is 9.35. The lowest BCUT2D eigenvalue weighted by Gasteiger charge is -2.48. The van der Waals surface area contributed by atoms with Gasteiger partial charge in [0.15, 0.2) is 0 Å². The highest BCUT2D eigenvalue weighted by Crippen LogP contribution is 2.52. The van der Waals surface area contributed by atoms with Crippen molar-refractivity contribution in [2.24, 2.45) is 24.1 Å². The minimum absolute atomic E-state index is 0.109. The van der Waals surface area contributed by atoms with E-state index in [1.807, 2.05) is 13.2 Å². The molecule has 0 bridgehead atoms. The van der Waals surface area contributed by atoms with Gasteiger partial charge in [0, 0.05) is 30.8 Å². The van der Waals surface area contributed by atoms with E-state index in [0.717, 1.165) is 18.4 Å². The number of hydrogen-bond donors (Lipinski definition) is 2. The average Bonchev–Trinajstić information content (AvgIpc) is 2.58. The molecule has 0 aromatic carbocycles. The summed E-state index contributed by atoms with van der Waals surface area (Å²) in [5.41, 5.74) is 6.56. The molecule has 1 unspecified atom stereocenters. The standard InChI is InChI=1S/C11H19N3O/c1-8-3-11(4-8,7-12)10(15)9-5-13-14(2)6-9/h5-6,8,10,15H,3-4,7,12H2,1-2H3. The summed E-state index contributed by atoms with van der Waals surface area (Å²) in [6.45, 7) is 2.75. The minimum atomic E-state index is -0.465. The van der Waals surface area contributed by atoms with Gasteiger partial charge in [-0.15, -0.1) is 0 Å². The Balaban J connectivity index is 2.16. The summed E-state index contributed by atoms with van der Waals surface area (Å²) in [7, 11) is 1.86. The Morgan fingerprint density at radius 2 is 2.40 bits per heavy atom. The van der Waals surface area contributed by atoms with E-state index in [1.165, 1.54) is 0 Å². The summed E-state index contributed by atoms with van der Waals surface area (Å²) in [5.74, 6) is 0.680. The van der Waals surface area contributed by atoms with E-state index in [1.54, 1.807) is 10.9 Å². The third kappa shape index (κ3) is 1.68. The van der Waals surface area contributed by atoms with Crippen LogP contribution >= 0.6 is 0 Å². The Labute approximate surface area is 90.1 Å². The number of aryl methyl sites for hydroxylation is 1. The van der Waals surface area contributed by atoms with Crippen LogP contribution in [-0.4, -0.2) is 21.4 Å². The molecule has 4 nitrogen and oxygen atoms in total. The third-order valence-electron chi connectivity index (χ3n) is 3.54. The smallest absolute Gasteiger partial charge is 0.0888 e. The van der Waals surface area contributed by atoms with Crippen molar-refractivity contribution in [2.75, 3.05) is 6.54 Å². The molecular formula is C11H19N3O. The molecule has 0 amide bonds. The zero-order valence-electron chi connectivity index (χ0n) is 9.35. The van der Waals surface area contributed by atoms with Gasteiger partial charge >= 0.3 is 0 Å². The Morgan fingerprint density at radius 1 is 1.73 bits per heavy atom. The van der Waals surface area contributed by atoms with Crippen LogP contribution in [0.2, 0.25) is 0 Å². The van der Waals surface area contributed by atoms with Gasteiger partial charge in [0.2, 0.25) is 0 Å². The SMILES string of the molecule is CC1CC(CN)(C(O)c2cnn(C)c2)C1. The van der Waals surface area contributed by atoms with Gasteiger partial charge in [-0.05, 0) is 18.8 Å². The van der Waals surface area contributed by atoms with Crippen LogP contribution in [0.4, 0.5) is 0 Å². The zero-order chi connectivity index (χ0) is 11.1. The molecule has 0 saturated heterocycles. The van der Waals surface area contributed by atoms with E-state index in [9.17, 15) is 5.11 Å². The maximum Gasteiger partial charge on any atom is 0.0888 e. The second kappa shape index (κ2) is 3.61. The van der Waals surface area contributed by atoms with Crippen LogP contribution in [-0.2, 0) is 7.05 Å². The summed E-state index contributed by atoms with van der Waals surface area (Å²) in [5, 5.41) is 14.4. The molecule has 4 heteroatoms. The molecule has 1 aliphatic rings. The molecule has 1 saturated carbocycles. The van der Waals surface area contributed by atoms with Crippen LogP contribution in [0.1, 0.15) is 31.4 Å². The van der Waals surface area contributed by atoms with E-state index in [2.05, 4.69) is 12.0 Å². The first-order valence-electron chi connectivity index (χ1n) is 5.44. The first kappa shape index (κ1) is 10.6. The quantitative estimate of drug-likeness (QED) is 0.775. The van der Waals surface area contributed by atoms with Crippen LogP contribution in [0.3, 0.4) is 0 Å². The summed E-state index contributed by atoms with van der Waals surface area (Å²) in [4.78, 5) is 0. The lowest BCUT2D eigenvalue weighted by atomic mass is 9.59. The van der Waals surface area contributed by atoms with Gasteiger partial charge < -0.3 is 10.8 Å². The monoisotopic (exact) mass is 209 g/mol. The van der Waals surface area contributed by atoms with Gasteiger partial charge in [0.1, 0.15) is 0 Å². The lowest BCUT2D eigenvalue weighted by molar-refractivity contribution is -0.0602. The number of aliphatic hydroxyl groups excluding tert-OH is 1. The Bertz CT molecular complexity index is 341. The Hall–Kier alpha value is -0.870. The molecule has 1 atom stereocenters. The van der Waals surface area contributed by atoms with Crippen molar-refractivity contribution in [1.29, 1.82) is 0 Å². The molecule has 1 fully saturated rings. The molecule has 84 valence electrons. The second-order valence-electron chi connectivity index (χ2n) is 4.93. The van der Waals surface area contributed by atoms with E-state index in [0.29, 0.717) is 12.5 Å². The van der Waals surface area contributed by atoms with Crippen molar-refractivity contribution < 1.29 is 5.11 Å². The molecule has 2 rings (SSSR count). The Kier molecular flexibility index (Phi) is 2.56. The molecule has 1 aromatic heterocycles. The van der Waals surface area contributed by atoms with Crippen molar-refractivity contribution in [1.82, 2.24) is 9.78 Å². The van der Waals surface area contributed by atoms with Crippen molar-refractivity contribution in [3.63, 3.8) is 0 Å². The maximum atomic E-state index is 10.3. The van der Waals surface area contributed by atoms with Gasteiger partial charge in [0.25, 0.3) is 0 Å². The van der Waals surface area contributed by atoms with Crippen molar-refractivity contribution in [2.45, 2.75) is 25.9 Å². The van der Waals surface area contributed by atoms with Gasteiger partial charge in [0.05, 0.1) is 12.3 Å². The second-order valence-corrected chi connectivity index (χ2v) is 4.93. The van der Waals surface area contributed by atoms with Crippen molar-refractivity contribution in [3.8, 4) is 0 Å². The van der Waals surface area contributed by atoms with Crippen LogP contribution < -0.4 is 5.73 Å². The summed E-state index contributed by atoms with van der Waals surface area (Å²) >= 11 is 0. The number of aliphatic hydroxyl groups is 1. The third-order valence-corrected chi connectivity index (χ3v) is 3.54. The first-order chi connectivity index (χ1) is 7.07. The highest BCUT2D eigenvalue weighted by Gasteiger charge is 2.47. The fraction of sp³-hybridized carbons (Fsp3) is 0.727. The van der Waals surface area contributed by atoms with Crippen LogP contribution in [0.5, 0.6) is 0 Å². The van der Waals surface area contributed by atoms with E-state index >= 15 is 0 Å². The molecule has 0 radical (unpaired) electrons.